The first kappa shape index (κ1) is 19.6. The lowest BCUT2D eigenvalue weighted by Gasteiger charge is -2.28. The fourth-order valence-corrected chi connectivity index (χ4v) is 3.36. The van der Waals surface area contributed by atoms with Crippen LogP contribution in [0.4, 0.5) is 0 Å². The second kappa shape index (κ2) is 7.82. The number of hydrogen-bond acceptors (Lipinski definition) is 5. The Morgan fingerprint density at radius 2 is 1.85 bits per heavy atom. The molecule has 2 aromatic rings. The summed E-state index contributed by atoms with van der Waals surface area (Å²) in [6.07, 6.45) is 1.63. The Balaban J connectivity index is 1.80. The number of nitrogens with zero attached hydrogens (tertiary/aromatic N) is 1. The first-order valence-corrected chi connectivity index (χ1v) is 9.00. The van der Waals surface area contributed by atoms with E-state index in [1.807, 2.05) is 6.07 Å². The maximum atomic E-state index is 13.0. The normalized spacial score (nSPS) is 19.1. The van der Waals surface area contributed by atoms with Crippen molar-refractivity contribution in [3.05, 3.63) is 81.5 Å². The van der Waals surface area contributed by atoms with Gasteiger partial charge in [0.15, 0.2) is 17.3 Å². The second-order valence-electron chi connectivity index (χ2n) is 6.33. The number of Topliss-reactive ketones (excluding diaryl/α,β-unsaturated/α-hetero) is 2. The molecule has 140 valence electrons. The van der Waals surface area contributed by atoms with Crippen LogP contribution in [0.5, 0.6) is 0 Å². The van der Waals surface area contributed by atoms with Crippen LogP contribution in [0.15, 0.2) is 60.3 Å². The third-order valence-corrected chi connectivity index (χ3v) is 4.78. The summed E-state index contributed by atoms with van der Waals surface area (Å²) in [6, 6.07) is 13.5. The van der Waals surface area contributed by atoms with Gasteiger partial charge in [-0.3, -0.25) is 9.59 Å². The largest absolute Gasteiger partial charge is 0.347 e. The lowest BCUT2D eigenvalue weighted by Crippen LogP contribution is -2.49. The molecular weight excluding hydrogens is 387 g/mol. The molecule has 0 radical (unpaired) electrons. The van der Waals surface area contributed by atoms with Crippen LogP contribution in [-0.2, 0) is 4.74 Å². The van der Waals surface area contributed by atoms with Gasteiger partial charge < -0.3 is 9.75 Å². The van der Waals surface area contributed by atoms with Crippen LogP contribution in [0.1, 0.15) is 27.6 Å². The zero-order chi connectivity index (χ0) is 19.6. The van der Waals surface area contributed by atoms with Gasteiger partial charge in [-0.25, -0.2) is 5.43 Å². The number of carbonyl (C=O) groups is 2. The summed E-state index contributed by atoms with van der Waals surface area (Å²) < 4.78 is 5.84. The Bertz CT molecular complexity index is 915. The van der Waals surface area contributed by atoms with Gasteiger partial charge in [-0.15, -0.1) is 0 Å². The number of benzene rings is 2. The van der Waals surface area contributed by atoms with Crippen LogP contribution >= 0.6 is 23.2 Å². The molecule has 27 heavy (non-hydrogen) atoms. The van der Waals surface area contributed by atoms with E-state index in [2.05, 4.69) is 5.43 Å². The van der Waals surface area contributed by atoms with Crippen LogP contribution in [0.25, 0.3) is 0 Å². The topological polar surface area (TPSA) is 58.6 Å². The predicted molar refractivity (Wildman–Crippen MR) is 105 cm³/mol. The first-order valence-electron chi connectivity index (χ1n) is 8.25. The van der Waals surface area contributed by atoms with E-state index >= 15 is 0 Å². The lowest BCUT2D eigenvalue weighted by molar-refractivity contribution is -0.0376. The average Bonchev–Trinajstić information content (AvgIpc) is 2.95. The molecule has 1 aliphatic rings. The van der Waals surface area contributed by atoms with Gasteiger partial charge in [0, 0.05) is 29.4 Å². The second-order valence-corrected chi connectivity index (χ2v) is 7.17. The summed E-state index contributed by atoms with van der Waals surface area (Å²) in [4.78, 5) is 25.4. The summed E-state index contributed by atoms with van der Waals surface area (Å²) in [5, 5.41) is 2.31. The Labute approximate surface area is 167 Å². The van der Waals surface area contributed by atoms with Gasteiger partial charge in [0.05, 0.1) is 10.6 Å². The monoisotopic (exact) mass is 404 g/mol. The van der Waals surface area contributed by atoms with Crippen molar-refractivity contribution in [3.8, 4) is 0 Å². The summed E-state index contributed by atoms with van der Waals surface area (Å²) in [5.74, 6) is -0.479. The van der Waals surface area contributed by atoms with E-state index in [1.165, 1.54) is 6.07 Å². The smallest absolute Gasteiger partial charge is 0.196 e. The van der Waals surface area contributed by atoms with E-state index in [-0.39, 0.29) is 23.2 Å². The molecule has 0 fully saturated rings. The molecule has 1 heterocycles. The van der Waals surface area contributed by atoms with E-state index in [9.17, 15) is 9.59 Å². The van der Waals surface area contributed by atoms with Crippen molar-refractivity contribution >= 4 is 34.8 Å². The third-order valence-electron chi connectivity index (χ3n) is 4.23. The molecule has 0 saturated carbocycles. The van der Waals surface area contributed by atoms with Crippen molar-refractivity contribution < 1.29 is 14.3 Å². The number of carbonyl (C=O) groups excluding carboxylic acids is 2. The summed E-state index contributed by atoms with van der Waals surface area (Å²) in [5.41, 5.74) is 3.08. The molecule has 1 unspecified atom stereocenters. The number of hydrogen-bond donors (Lipinski definition) is 1. The predicted octanol–water partition coefficient (Wildman–Crippen LogP) is 4.13. The highest BCUT2D eigenvalue weighted by Gasteiger charge is 2.41. The van der Waals surface area contributed by atoms with Crippen molar-refractivity contribution in [3.63, 3.8) is 0 Å². The van der Waals surface area contributed by atoms with E-state index in [0.29, 0.717) is 21.7 Å². The summed E-state index contributed by atoms with van der Waals surface area (Å²) in [6.45, 7) is 1.52. The van der Waals surface area contributed by atoms with Crippen LogP contribution in [0, 0.1) is 0 Å². The molecule has 2 aromatic carbocycles. The molecule has 7 heteroatoms. The molecule has 5 nitrogen and oxygen atoms in total. The van der Waals surface area contributed by atoms with Crippen molar-refractivity contribution in [1.29, 1.82) is 0 Å². The van der Waals surface area contributed by atoms with Gasteiger partial charge in [0.2, 0.25) is 0 Å². The Hall–Kier alpha value is -2.18. The van der Waals surface area contributed by atoms with Crippen LogP contribution in [0.2, 0.25) is 10.0 Å². The quantitative estimate of drug-likeness (QED) is 0.733. The zero-order valence-corrected chi connectivity index (χ0v) is 16.3. The SMILES string of the molecule is CN1C=C(C(=O)c2ccc(Cl)cc2Cl)C(C)(OCC(=O)c2ccccc2)N1. The average molecular weight is 405 g/mol. The van der Waals surface area contributed by atoms with Gasteiger partial charge >= 0.3 is 0 Å². The molecule has 0 aliphatic carbocycles. The van der Waals surface area contributed by atoms with Crippen molar-refractivity contribution in [2.24, 2.45) is 0 Å². The maximum absolute atomic E-state index is 13.0. The van der Waals surface area contributed by atoms with Crippen LogP contribution < -0.4 is 5.43 Å². The van der Waals surface area contributed by atoms with Gasteiger partial charge in [0.1, 0.15) is 6.61 Å². The first-order chi connectivity index (χ1) is 12.8. The third kappa shape index (κ3) is 4.22. The molecule has 1 N–H and O–H groups in total. The minimum atomic E-state index is -1.17. The van der Waals surface area contributed by atoms with E-state index in [1.54, 1.807) is 61.6 Å². The molecule has 1 atom stereocenters. The molecule has 0 aromatic heterocycles. The molecule has 0 amide bonds. The fourth-order valence-electron chi connectivity index (χ4n) is 2.87. The molecule has 0 bridgehead atoms. The number of rotatable bonds is 6. The van der Waals surface area contributed by atoms with E-state index in [0.717, 1.165) is 0 Å². The molecular formula is C20H18Cl2N2O3. The van der Waals surface area contributed by atoms with E-state index < -0.39 is 5.72 Å². The molecule has 0 saturated heterocycles. The van der Waals surface area contributed by atoms with Gasteiger partial charge in [-0.1, -0.05) is 53.5 Å². The Morgan fingerprint density at radius 1 is 1.15 bits per heavy atom. The number of ketones is 2. The summed E-state index contributed by atoms with van der Waals surface area (Å²) in [7, 11) is 1.74. The van der Waals surface area contributed by atoms with Crippen molar-refractivity contribution in [1.82, 2.24) is 10.4 Å². The number of hydrazine groups is 1. The highest BCUT2D eigenvalue weighted by atomic mass is 35.5. The maximum Gasteiger partial charge on any atom is 0.196 e. The van der Waals surface area contributed by atoms with Gasteiger partial charge in [0.25, 0.3) is 0 Å². The number of halogens is 2. The Kier molecular flexibility index (Phi) is 5.67. The fraction of sp³-hybridized carbons (Fsp3) is 0.200. The van der Waals surface area contributed by atoms with Crippen molar-refractivity contribution in [2.75, 3.05) is 13.7 Å². The highest BCUT2D eigenvalue weighted by molar-refractivity contribution is 6.37. The minimum Gasteiger partial charge on any atom is -0.347 e. The van der Waals surface area contributed by atoms with Crippen LogP contribution in [-0.4, -0.2) is 36.0 Å². The summed E-state index contributed by atoms with van der Waals surface area (Å²) >= 11 is 12.1. The van der Waals surface area contributed by atoms with Crippen molar-refractivity contribution in [2.45, 2.75) is 12.6 Å². The lowest BCUT2D eigenvalue weighted by atomic mass is 9.97. The van der Waals surface area contributed by atoms with Gasteiger partial charge in [-0.05, 0) is 25.1 Å². The van der Waals surface area contributed by atoms with Crippen LogP contribution in [0.3, 0.4) is 0 Å². The van der Waals surface area contributed by atoms with E-state index in [4.69, 9.17) is 27.9 Å². The molecule has 3 rings (SSSR count). The standard InChI is InChI=1S/C20H18Cl2N2O3/c1-20(27-12-18(25)13-6-4-3-5-7-13)16(11-24(2)23-20)19(26)15-9-8-14(21)10-17(15)22/h3-11,23H,12H2,1-2H3. The highest BCUT2D eigenvalue weighted by Crippen LogP contribution is 2.31. The number of ether oxygens (including phenoxy) is 1. The van der Waals surface area contributed by atoms with Gasteiger partial charge in [-0.2, -0.15) is 0 Å². The molecule has 1 aliphatic heterocycles. The zero-order valence-electron chi connectivity index (χ0n) is 14.8. The minimum absolute atomic E-state index is 0.176. The number of nitrogens with one attached hydrogen (secondary N) is 1. The molecule has 0 spiro atoms. The Morgan fingerprint density at radius 3 is 2.52 bits per heavy atom.